The van der Waals surface area contributed by atoms with Crippen molar-refractivity contribution in [1.29, 1.82) is 0 Å². The van der Waals surface area contributed by atoms with Gasteiger partial charge in [-0.1, -0.05) is 37.5 Å². The molecule has 1 amide bonds. The van der Waals surface area contributed by atoms with Crippen LogP contribution in [0, 0.1) is 0 Å². The average molecular weight is 430 g/mol. The lowest BCUT2D eigenvalue weighted by Crippen LogP contribution is -2.47. The smallest absolute Gasteiger partial charge is 0.408 e. The number of alkyl halides is 1. The van der Waals surface area contributed by atoms with Gasteiger partial charge in [-0.25, -0.2) is 9.59 Å². The first-order valence-electron chi connectivity index (χ1n) is 7.35. The van der Waals surface area contributed by atoms with Gasteiger partial charge in [-0.05, 0) is 54.2 Å². The lowest BCUT2D eigenvalue weighted by molar-refractivity contribution is -0.157. The van der Waals surface area contributed by atoms with Gasteiger partial charge in [0.25, 0.3) is 0 Å². The van der Waals surface area contributed by atoms with Gasteiger partial charge in [-0.3, -0.25) is 0 Å². The van der Waals surface area contributed by atoms with Gasteiger partial charge in [0.15, 0.2) is 0 Å². The van der Waals surface area contributed by atoms with E-state index in [0.29, 0.717) is 11.8 Å². The maximum absolute atomic E-state index is 12.4. The van der Waals surface area contributed by atoms with E-state index in [4.69, 9.17) is 9.47 Å². The number of nitrogens with one attached hydrogen (secondary N) is 1. The minimum absolute atomic E-state index is 0.164. The van der Waals surface area contributed by atoms with E-state index < -0.39 is 29.3 Å². The van der Waals surface area contributed by atoms with Crippen molar-refractivity contribution in [2.75, 3.05) is 11.6 Å². The Hall–Kier alpha value is -0.0800. The molecule has 0 aromatic heterocycles. The van der Waals surface area contributed by atoms with Crippen LogP contribution in [0.25, 0.3) is 0 Å². The Morgan fingerprint density at radius 1 is 1.09 bits per heavy atom. The molecule has 0 spiro atoms. The number of alkyl carbamates (subject to hydrolysis) is 1. The van der Waals surface area contributed by atoms with Crippen LogP contribution in [-0.2, 0) is 14.3 Å². The van der Waals surface area contributed by atoms with Crippen LogP contribution >= 0.6 is 37.5 Å². The van der Waals surface area contributed by atoms with E-state index in [1.807, 2.05) is 6.26 Å². The number of hydrogen-bond acceptors (Lipinski definition) is 6. The molecular weight excluding hydrogens is 402 g/mol. The molecule has 0 aromatic carbocycles. The molecule has 0 fully saturated rings. The fourth-order valence-electron chi connectivity index (χ4n) is 1.56. The van der Waals surface area contributed by atoms with E-state index in [9.17, 15) is 9.59 Å². The minimum atomic E-state index is -0.744. The molecule has 0 rings (SSSR count). The predicted molar refractivity (Wildman–Crippen MR) is 102 cm³/mol. The molecule has 0 aliphatic carbocycles. The molecule has 5 nitrogen and oxygen atoms in total. The first kappa shape index (κ1) is 22.9. The number of hydrogen-bond donors (Lipinski definition) is 1. The highest BCUT2D eigenvalue weighted by Crippen LogP contribution is 2.29. The first-order chi connectivity index (χ1) is 10.4. The van der Waals surface area contributed by atoms with Crippen molar-refractivity contribution in [1.82, 2.24) is 5.32 Å². The first-order valence-corrected chi connectivity index (χ1v) is 11.1. The highest BCUT2D eigenvalue weighted by molar-refractivity contribution is 9.09. The second kappa shape index (κ2) is 10.0. The summed E-state index contributed by atoms with van der Waals surface area (Å²) in [5.74, 6) is -0.448. The number of carbonyl (C=O) groups excluding carboxylic acids is 2. The Balaban J connectivity index is 4.98. The molecule has 0 saturated heterocycles. The summed E-state index contributed by atoms with van der Waals surface area (Å²) in [5.41, 5.74) is -1.23. The van der Waals surface area contributed by atoms with Crippen molar-refractivity contribution in [2.24, 2.45) is 0 Å². The quantitative estimate of drug-likeness (QED) is 0.367. The van der Waals surface area contributed by atoms with Crippen LogP contribution in [-0.4, -0.2) is 46.1 Å². The number of rotatable bonds is 7. The van der Waals surface area contributed by atoms with Crippen LogP contribution in [0.15, 0.2) is 0 Å². The van der Waals surface area contributed by atoms with Crippen molar-refractivity contribution in [3.05, 3.63) is 0 Å². The predicted octanol–water partition coefficient (Wildman–Crippen LogP) is 4.39. The van der Waals surface area contributed by atoms with E-state index in [0.717, 1.165) is 0 Å². The van der Waals surface area contributed by atoms with Gasteiger partial charge in [0.1, 0.15) is 17.2 Å². The molecule has 1 N–H and O–H groups in total. The largest absolute Gasteiger partial charge is 0.458 e. The number of carbonyl (C=O) groups is 2. The zero-order valence-corrected chi connectivity index (χ0v) is 18.1. The van der Waals surface area contributed by atoms with E-state index in [1.165, 1.54) is 0 Å². The van der Waals surface area contributed by atoms with Crippen molar-refractivity contribution >= 4 is 49.6 Å². The Labute approximate surface area is 155 Å². The fraction of sp³-hybridized carbons (Fsp3) is 0.867. The van der Waals surface area contributed by atoms with Crippen molar-refractivity contribution in [3.63, 3.8) is 0 Å². The molecule has 1 unspecified atom stereocenters. The van der Waals surface area contributed by atoms with Gasteiger partial charge in [0, 0.05) is 10.6 Å². The molecule has 0 aromatic rings. The number of ether oxygens (including phenoxy) is 2. The minimum Gasteiger partial charge on any atom is -0.458 e. The molecule has 0 heterocycles. The van der Waals surface area contributed by atoms with Crippen LogP contribution in [0.3, 0.4) is 0 Å². The Bertz CT molecular complexity index is 394. The highest BCUT2D eigenvalue weighted by Gasteiger charge is 2.30. The third-order valence-corrected chi connectivity index (χ3v) is 5.71. The summed E-state index contributed by atoms with van der Waals surface area (Å²) in [6, 6.07) is -0.744. The zero-order chi connectivity index (χ0) is 18.3. The van der Waals surface area contributed by atoms with Gasteiger partial charge in [0.05, 0.1) is 0 Å². The third kappa shape index (κ3) is 12.0. The van der Waals surface area contributed by atoms with Gasteiger partial charge < -0.3 is 14.8 Å². The van der Waals surface area contributed by atoms with Crippen molar-refractivity contribution in [2.45, 2.75) is 70.5 Å². The third-order valence-electron chi connectivity index (χ3n) is 2.29. The topological polar surface area (TPSA) is 64.6 Å². The second-order valence-electron chi connectivity index (χ2n) is 7.01. The van der Waals surface area contributed by atoms with Gasteiger partial charge in [0.2, 0.25) is 0 Å². The molecule has 136 valence electrons. The highest BCUT2D eigenvalue weighted by atomic mass is 79.9. The number of halogens is 1. The van der Waals surface area contributed by atoms with Crippen LogP contribution in [0.4, 0.5) is 4.79 Å². The van der Waals surface area contributed by atoms with E-state index in [2.05, 4.69) is 21.2 Å². The summed E-state index contributed by atoms with van der Waals surface area (Å²) in [7, 11) is 3.27. The van der Waals surface area contributed by atoms with Gasteiger partial charge >= 0.3 is 12.1 Å². The molecule has 23 heavy (non-hydrogen) atoms. The zero-order valence-electron chi connectivity index (χ0n) is 14.9. The Kier molecular flexibility index (Phi) is 10.00. The molecule has 0 bridgehead atoms. The number of amides is 1. The van der Waals surface area contributed by atoms with Crippen molar-refractivity contribution in [3.8, 4) is 0 Å². The molecule has 2 atom stereocenters. The van der Waals surface area contributed by atoms with Crippen LogP contribution in [0.1, 0.15) is 48.0 Å². The SMILES string of the molecule is CSS[C@H](CBr)CC(NC(=O)OC(C)(C)C)C(=O)OC(C)(C)C. The lowest BCUT2D eigenvalue weighted by atomic mass is 10.1. The Morgan fingerprint density at radius 2 is 1.61 bits per heavy atom. The molecule has 0 radical (unpaired) electrons. The summed E-state index contributed by atoms with van der Waals surface area (Å²) in [6.45, 7) is 10.7. The summed E-state index contributed by atoms with van der Waals surface area (Å²) < 4.78 is 10.7. The van der Waals surface area contributed by atoms with E-state index >= 15 is 0 Å². The molecule has 0 aliphatic rings. The van der Waals surface area contributed by atoms with Gasteiger partial charge in [-0.15, -0.1) is 0 Å². The normalized spacial score (nSPS) is 14.8. The standard InChI is InChI=1S/C15H28BrNO4S2/c1-14(2,3)20-12(18)11(8-10(9-16)23-22-7)17-13(19)21-15(4,5)6/h10-11H,8-9H2,1-7H3,(H,17,19)/t10-,11?/m0/s1. The Morgan fingerprint density at radius 3 is 2.00 bits per heavy atom. The van der Waals surface area contributed by atoms with Gasteiger partial charge in [-0.2, -0.15) is 0 Å². The van der Waals surface area contributed by atoms with E-state index in [1.54, 1.807) is 63.1 Å². The molecule has 0 saturated carbocycles. The van der Waals surface area contributed by atoms with Crippen molar-refractivity contribution < 1.29 is 19.1 Å². The fourth-order valence-corrected chi connectivity index (χ4v) is 4.60. The van der Waals surface area contributed by atoms with E-state index in [-0.39, 0.29) is 5.25 Å². The summed E-state index contributed by atoms with van der Waals surface area (Å²) in [5, 5.41) is 3.52. The van der Waals surface area contributed by atoms with Crippen LogP contribution in [0.5, 0.6) is 0 Å². The van der Waals surface area contributed by atoms with Crippen LogP contribution in [0.2, 0.25) is 0 Å². The maximum Gasteiger partial charge on any atom is 0.408 e. The monoisotopic (exact) mass is 429 g/mol. The molecule has 0 aliphatic heterocycles. The molecule has 8 heteroatoms. The molecular formula is C15H28BrNO4S2. The summed E-state index contributed by atoms with van der Waals surface area (Å²) >= 11 is 3.44. The summed E-state index contributed by atoms with van der Waals surface area (Å²) in [6.07, 6.45) is 1.82. The second-order valence-corrected chi connectivity index (χ2v) is 10.4. The summed E-state index contributed by atoms with van der Waals surface area (Å²) in [4.78, 5) is 24.4. The number of esters is 1. The lowest BCUT2D eigenvalue weighted by Gasteiger charge is -2.27. The average Bonchev–Trinajstić information content (AvgIpc) is 2.32. The maximum atomic E-state index is 12.4. The van der Waals surface area contributed by atoms with Crippen LogP contribution < -0.4 is 5.32 Å².